The lowest BCUT2D eigenvalue weighted by Crippen LogP contribution is -2.21. The Bertz CT molecular complexity index is 484. The second kappa shape index (κ2) is 3.84. The molecule has 1 aromatic carbocycles. The van der Waals surface area contributed by atoms with E-state index in [0.717, 1.165) is 5.39 Å². The van der Waals surface area contributed by atoms with Crippen LogP contribution < -0.4 is 11.5 Å². The normalized spacial score (nSPS) is 12.9. The van der Waals surface area contributed by atoms with Crippen molar-refractivity contribution < 1.29 is 5.11 Å². The van der Waals surface area contributed by atoms with E-state index in [2.05, 4.69) is 4.98 Å². The number of aromatic hydroxyl groups is 1. The maximum atomic E-state index is 9.62. The summed E-state index contributed by atoms with van der Waals surface area (Å²) in [5, 5.41) is 10.5. The smallest absolute Gasteiger partial charge is 0.141 e. The fourth-order valence-corrected chi connectivity index (χ4v) is 1.47. The van der Waals surface area contributed by atoms with Gasteiger partial charge in [0.05, 0.1) is 11.7 Å². The van der Waals surface area contributed by atoms with Gasteiger partial charge in [-0.3, -0.25) is 0 Å². The monoisotopic (exact) mass is 203 g/mol. The molecule has 0 saturated heterocycles. The summed E-state index contributed by atoms with van der Waals surface area (Å²) >= 11 is 0. The summed E-state index contributed by atoms with van der Waals surface area (Å²) in [5.74, 6) is 0.165. The second-order valence-electron chi connectivity index (χ2n) is 3.43. The van der Waals surface area contributed by atoms with Crippen LogP contribution in [-0.4, -0.2) is 16.6 Å². The van der Waals surface area contributed by atoms with Gasteiger partial charge >= 0.3 is 0 Å². The van der Waals surface area contributed by atoms with Crippen molar-refractivity contribution in [1.29, 1.82) is 0 Å². The first-order chi connectivity index (χ1) is 7.22. The molecule has 0 radical (unpaired) electrons. The zero-order chi connectivity index (χ0) is 10.8. The van der Waals surface area contributed by atoms with E-state index in [1.54, 1.807) is 12.1 Å². The predicted molar refractivity (Wildman–Crippen MR) is 59.4 cm³/mol. The van der Waals surface area contributed by atoms with Gasteiger partial charge in [0, 0.05) is 11.9 Å². The molecule has 4 nitrogen and oxygen atoms in total. The van der Waals surface area contributed by atoms with Crippen LogP contribution in [0.15, 0.2) is 30.3 Å². The highest BCUT2D eigenvalue weighted by Crippen LogP contribution is 2.23. The van der Waals surface area contributed by atoms with Crippen molar-refractivity contribution in [1.82, 2.24) is 4.98 Å². The van der Waals surface area contributed by atoms with Gasteiger partial charge in [-0.15, -0.1) is 0 Å². The van der Waals surface area contributed by atoms with Gasteiger partial charge in [0.15, 0.2) is 0 Å². The highest BCUT2D eigenvalue weighted by atomic mass is 16.3. The molecule has 0 saturated carbocycles. The average molecular weight is 203 g/mol. The first-order valence-electron chi connectivity index (χ1n) is 4.76. The molecule has 4 heteroatoms. The Morgan fingerprint density at radius 1 is 1.27 bits per heavy atom. The molecule has 0 bridgehead atoms. The van der Waals surface area contributed by atoms with E-state index in [1.165, 1.54) is 0 Å². The molecular weight excluding hydrogens is 190 g/mol. The molecule has 1 unspecified atom stereocenters. The third-order valence-electron chi connectivity index (χ3n) is 2.35. The summed E-state index contributed by atoms with van der Waals surface area (Å²) in [4.78, 5) is 4.29. The molecule has 5 N–H and O–H groups in total. The molecule has 1 atom stereocenters. The van der Waals surface area contributed by atoms with Crippen LogP contribution in [0.3, 0.4) is 0 Å². The summed E-state index contributed by atoms with van der Waals surface area (Å²) in [7, 11) is 0. The third kappa shape index (κ3) is 1.77. The van der Waals surface area contributed by atoms with E-state index in [1.807, 2.05) is 18.2 Å². The van der Waals surface area contributed by atoms with E-state index in [4.69, 9.17) is 11.5 Å². The van der Waals surface area contributed by atoms with Crippen LogP contribution >= 0.6 is 0 Å². The van der Waals surface area contributed by atoms with Crippen molar-refractivity contribution in [2.24, 2.45) is 11.5 Å². The largest absolute Gasteiger partial charge is 0.506 e. The van der Waals surface area contributed by atoms with Crippen LogP contribution in [0.2, 0.25) is 0 Å². The van der Waals surface area contributed by atoms with Crippen LogP contribution in [0.4, 0.5) is 0 Å². The minimum Gasteiger partial charge on any atom is -0.506 e. The maximum absolute atomic E-state index is 9.62. The van der Waals surface area contributed by atoms with Crippen LogP contribution in [0, 0.1) is 0 Å². The Morgan fingerprint density at radius 3 is 2.80 bits per heavy atom. The van der Waals surface area contributed by atoms with Crippen LogP contribution in [0.1, 0.15) is 11.7 Å². The van der Waals surface area contributed by atoms with Crippen molar-refractivity contribution >= 4 is 10.9 Å². The van der Waals surface area contributed by atoms with Gasteiger partial charge in [-0.05, 0) is 12.1 Å². The number of nitrogens with zero attached hydrogens (tertiary/aromatic N) is 1. The number of nitrogens with two attached hydrogens (primary N) is 2. The predicted octanol–water partition coefficient (Wildman–Crippen LogP) is 0.899. The first-order valence-corrected chi connectivity index (χ1v) is 4.76. The van der Waals surface area contributed by atoms with Gasteiger partial charge in [0.25, 0.3) is 0 Å². The highest BCUT2D eigenvalue weighted by Gasteiger charge is 2.07. The Morgan fingerprint density at radius 2 is 2.07 bits per heavy atom. The average Bonchev–Trinajstić information content (AvgIpc) is 2.28. The summed E-state index contributed by atoms with van der Waals surface area (Å²) < 4.78 is 0. The Kier molecular flexibility index (Phi) is 2.53. The quantitative estimate of drug-likeness (QED) is 0.677. The molecule has 0 spiro atoms. The molecule has 0 aliphatic carbocycles. The number of hydrogen-bond acceptors (Lipinski definition) is 4. The minimum absolute atomic E-state index is 0.165. The number of hydrogen-bond donors (Lipinski definition) is 3. The van der Waals surface area contributed by atoms with Crippen molar-refractivity contribution in [2.75, 3.05) is 6.54 Å². The molecule has 2 rings (SSSR count). The SMILES string of the molecule is NCC(N)c1ccc2cccc(O)c2n1. The lowest BCUT2D eigenvalue weighted by molar-refractivity contribution is 0.480. The fraction of sp³-hybridized carbons (Fsp3) is 0.182. The van der Waals surface area contributed by atoms with E-state index in [-0.39, 0.29) is 11.8 Å². The van der Waals surface area contributed by atoms with Crippen LogP contribution in [0.25, 0.3) is 10.9 Å². The zero-order valence-electron chi connectivity index (χ0n) is 8.22. The van der Waals surface area contributed by atoms with Crippen molar-refractivity contribution in [3.8, 4) is 5.75 Å². The summed E-state index contributed by atoms with van der Waals surface area (Å²) in [5.41, 5.74) is 12.5. The lowest BCUT2D eigenvalue weighted by atomic mass is 10.1. The molecule has 0 amide bonds. The van der Waals surface area contributed by atoms with E-state index in [0.29, 0.717) is 17.8 Å². The van der Waals surface area contributed by atoms with Crippen molar-refractivity contribution in [3.63, 3.8) is 0 Å². The summed E-state index contributed by atoms with van der Waals surface area (Å²) in [6.45, 7) is 0.339. The molecule has 2 aromatic rings. The second-order valence-corrected chi connectivity index (χ2v) is 3.43. The molecule has 0 fully saturated rings. The van der Waals surface area contributed by atoms with Crippen LogP contribution in [-0.2, 0) is 0 Å². The van der Waals surface area contributed by atoms with Crippen molar-refractivity contribution in [3.05, 3.63) is 36.0 Å². The number of fused-ring (bicyclic) bond motifs is 1. The topological polar surface area (TPSA) is 85.2 Å². The van der Waals surface area contributed by atoms with Crippen LogP contribution in [0.5, 0.6) is 5.75 Å². The molecule has 15 heavy (non-hydrogen) atoms. The Labute approximate surface area is 87.5 Å². The van der Waals surface area contributed by atoms with E-state index < -0.39 is 0 Å². The van der Waals surface area contributed by atoms with Gasteiger partial charge in [0.2, 0.25) is 0 Å². The van der Waals surface area contributed by atoms with Gasteiger partial charge in [-0.25, -0.2) is 4.98 Å². The molecular formula is C11H13N3O. The number of para-hydroxylation sites is 1. The molecule has 0 aliphatic heterocycles. The third-order valence-corrected chi connectivity index (χ3v) is 2.35. The molecule has 78 valence electrons. The van der Waals surface area contributed by atoms with Gasteiger partial charge in [-0.2, -0.15) is 0 Å². The molecule has 1 aromatic heterocycles. The summed E-state index contributed by atoms with van der Waals surface area (Å²) in [6, 6.07) is 8.70. The molecule has 0 aliphatic rings. The van der Waals surface area contributed by atoms with E-state index >= 15 is 0 Å². The number of phenolic OH excluding ortho intramolecular Hbond substituents is 1. The number of benzene rings is 1. The van der Waals surface area contributed by atoms with E-state index in [9.17, 15) is 5.11 Å². The molecule has 1 heterocycles. The van der Waals surface area contributed by atoms with Crippen molar-refractivity contribution in [2.45, 2.75) is 6.04 Å². The zero-order valence-corrected chi connectivity index (χ0v) is 8.22. The number of aromatic nitrogens is 1. The first kappa shape index (κ1) is 9.89. The maximum Gasteiger partial charge on any atom is 0.141 e. The van der Waals surface area contributed by atoms with Gasteiger partial charge in [0.1, 0.15) is 11.3 Å². The summed E-state index contributed by atoms with van der Waals surface area (Å²) in [6.07, 6.45) is 0. The fourth-order valence-electron chi connectivity index (χ4n) is 1.47. The minimum atomic E-state index is -0.283. The standard InChI is InChI=1S/C11H13N3O/c12-6-8(13)9-5-4-7-2-1-3-10(15)11(7)14-9/h1-5,8,15H,6,12-13H2. The highest BCUT2D eigenvalue weighted by molar-refractivity contribution is 5.84. The van der Waals surface area contributed by atoms with Gasteiger partial charge < -0.3 is 16.6 Å². The Hall–Kier alpha value is -1.65. The van der Waals surface area contributed by atoms with Gasteiger partial charge in [-0.1, -0.05) is 18.2 Å². The number of phenols is 1. The Balaban J connectivity index is 2.59. The number of rotatable bonds is 2. The number of pyridine rings is 1. The lowest BCUT2D eigenvalue weighted by Gasteiger charge is -2.09.